The van der Waals surface area contributed by atoms with Crippen LogP contribution in [0.4, 0.5) is 4.39 Å². The van der Waals surface area contributed by atoms with E-state index >= 15 is 0 Å². The van der Waals surface area contributed by atoms with Gasteiger partial charge in [0.1, 0.15) is 5.56 Å². The minimum Gasteiger partial charge on any atom is -0.486 e. The lowest BCUT2D eigenvalue weighted by Crippen LogP contribution is -2.29. The van der Waals surface area contributed by atoms with Crippen LogP contribution in [-0.4, -0.2) is 17.2 Å². The van der Waals surface area contributed by atoms with Gasteiger partial charge in [-0.15, -0.1) is 0 Å². The Kier molecular flexibility index (Phi) is 3.78. The van der Waals surface area contributed by atoms with Crippen molar-refractivity contribution in [3.05, 3.63) is 29.6 Å². The number of carboxylic acid groups (broad SMARTS) is 1. The zero-order chi connectivity index (χ0) is 14.0. The summed E-state index contributed by atoms with van der Waals surface area (Å²) in [6, 6.07) is 3.98. The Hall–Kier alpha value is -1.58. The smallest absolute Gasteiger partial charge is 0.339 e. The first-order valence-electron chi connectivity index (χ1n) is 6.57. The van der Waals surface area contributed by atoms with Crippen molar-refractivity contribution in [2.75, 3.05) is 0 Å². The van der Waals surface area contributed by atoms with E-state index in [1.807, 2.05) is 0 Å². The first-order valence-corrected chi connectivity index (χ1v) is 6.57. The molecule has 0 aliphatic heterocycles. The van der Waals surface area contributed by atoms with E-state index in [0.717, 1.165) is 25.7 Å². The normalized spacial score (nSPS) is 19.1. The number of hydrogen-bond acceptors (Lipinski definition) is 2. The second-order valence-electron chi connectivity index (χ2n) is 5.90. The van der Waals surface area contributed by atoms with Gasteiger partial charge in [-0.05, 0) is 43.2 Å². The van der Waals surface area contributed by atoms with Gasteiger partial charge in [-0.25, -0.2) is 9.18 Å². The summed E-state index contributed by atoms with van der Waals surface area (Å²) in [4.78, 5) is 11.1. The maximum absolute atomic E-state index is 13.7. The third-order valence-electron chi connectivity index (χ3n) is 3.77. The molecule has 1 N–H and O–H groups in total. The highest BCUT2D eigenvalue weighted by atomic mass is 19.1. The molecule has 0 unspecified atom stereocenters. The van der Waals surface area contributed by atoms with E-state index in [0.29, 0.717) is 5.41 Å². The van der Waals surface area contributed by atoms with Gasteiger partial charge in [0.05, 0.1) is 6.10 Å². The fourth-order valence-electron chi connectivity index (χ4n) is 2.45. The molecule has 1 saturated carbocycles. The summed E-state index contributed by atoms with van der Waals surface area (Å²) in [5.41, 5.74) is 0.190. The van der Waals surface area contributed by atoms with Crippen LogP contribution in [-0.2, 0) is 0 Å². The number of carbonyl (C=O) groups is 1. The first kappa shape index (κ1) is 13.8. The van der Waals surface area contributed by atoms with Crippen LogP contribution in [0.1, 0.15) is 49.9 Å². The summed E-state index contributed by atoms with van der Waals surface area (Å²) in [5.74, 6) is -1.89. The molecule has 2 rings (SSSR count). The van der Waals surface area contributed by atoms with E-state index in [-0.39, 0.29) is 17.4 Å². The molecule has 4 heteroatoms. The van der Waals surface area contributed by atoms with Gasteiger partial charge in [0, 0.05) is 0 Å². The maximum Gasteiger partial charge on any atom is 0.339 e. The molecule has 1 aromatic rings. The van der Waals surface area contributed by atoms with Crippen molar-refractivity contribution in [3.63, 3.8) is 0 Å². The predicted molar refractivity (Wildman–Crippen MR) is 70.0 cm³/mol. The molecule has 0 atom stereocenters. The minimum atomic E-state index is -1.16. The third-order valence-corrected chi connectivity index (χ3v) is 3.77. The van der Waals surface area contributed by atoms with Gasteiger partial charge in [0.2, 0.25) is 0 Å². The molecule has 0 heterocycles. The molecule has 0 spiro atoms. The molecule has 0 aromatic heterocycles. The summed E-state index contributed by atoms with van der Waals surface area (Å²) in [7, 11) is 0. The fraction of sp³-hybridized carbons (Fsp3) is 0.533. The number of ether oxygens (including phenoxy) is 1. The van der Waals surface area contributed by atoms with E-state index in [9.17, 15) is 9.18 Å². The van der Waals surface area contributed by atoms with Crippen LogP contribution in [0.15, 0.2) is 18.2 Å². The highest BCUT2D eigenvalue weighted by molar-refractivity contribution is 5.90. The Labute approximate surface area is 112 Å². The lowest BCUT2D eigenvalue weighted by atomic mass is 9.76. The Morgan fingerprint density at radius 1 is 1.37 bits per heavy atom. The molecular formula is C15H19FO3. The summed E-state index contributed by atoms with van der Waals surface area (Å²) >= 11 is 0. The van der Waals surface area contributed by atoms with Gasteiger partial charge in [-0.3, -0.25) is 0 Å². The Morgan fingerprint density at radius 3 is 2.58 bits per heavy atom. The number of halogens is 1. The van der Waals surface area contributed by atoms with Crippen LogP contribution < -0.4 is 4.74 Å². The van der Waals surface area contributed by atoms with Gasteiger partial charge in [-0.1, -0.05) is 19.9 Å². The Bertz CT molecular complexity index is 472. The van der Waals surface area contributed by atoms with Crippen molar-refractivity contribution in [2.24, 2.45) is 5.41 Å². The van der Waals surface area contributed by atoms with Crippen molar-refractivity contribution in [2.45, 2.75) is 45.6 Å². The fourth-order valence-corrected chi connectivity index (χ4v) is 2.45. The van der Waals surface area contributed by atoms with Crippen LogP contribution in [0.2, 0.25) is 0 Å². The summed E-state index contributed by atoms with van der Waals surface area (Å²) in [6.07, 6.45) is 3.59. The molecule has 1 aliphatic rings. The van der Waals surface area contributed by atoms with Gasteiger partial charge in [-0.2, -0.15) is 0 Å². The molecule has 104 valence electrons. The second kappa shape index (κ2) is 5.19. The molecular weight excluding hydrogens is 247 g/mol. The topological polar surface area (TPSA) is 46.5 Å². The summed E-state index contributed by atoms with van der Waals surface area (Å²) < 4.78 is 19.3. The molecule has 1 fully saturated rings. The average Bonchev–Trinajstić information content (AvgIpc) is 2.33. The highest BCUT2D eigenvalue weighted by Gasteiger charge is 2.29. The summed E-state index contributed by atoms with van der Waals surface area (Å²) in [6.45, 7) is 4.41. The number of rotatable bonds is 3. The quantitative estimate of drug-likeness (QED) is 0.903. The monoisotopic (exact) mass is 266 g/mol. The van der Waals surface area contributed by atoms with Gasteiger partial charge >= 0.3 is 5.97 Å². The van der Waals surface area contributed by atoms with E-state index < -0.39 is 11.8 Å². The lowest BCUT2D eigenvalue weighted by molar-refractivity contribution is 0.0669. The number of benzene rings is 1. The molecule has 0 bridgehead atoms. The number of para-hydroxylation sites is 1. The zero-order valence-electron chi connectivity index (χ0n) is 11.3. The first-order chi connectivity index (χ1) is 8.89. The largest absolute Gasteiger partial charge is 0.486 e. The van der Waals surface area contributed by atoms with Crippen molar-refractivity contribution in [1.29, 1.82) is 0 Å². The standard InChI is InChI=1S/C15H19FO3/c1-15(2)8-6-10(7-9-15)19-13-11(14(17)18)4-3-5-12(13)16/h3-5,10H,6-9H2,1-2H3,(H,17,18). The Balaban J connectivity index is 2.14. The van der Waals surface area contributed by atoms with Gasteiger partial charge < -0.3 is 9.84 Å². The van der Waals surface area contributed by atoms with Crippen LogP contribution in [0.5, 0.6) is 5.75 Å². The average molecular weight is 266 g/mol. The number of aromatic carboxylic acids is 1. The molecule has 3 nitrogen and oxygen atoms in total. The second-order valence-corrected chi connectivity index (χ2v) is 5.90. The van der Waals surface area contributed by atoms with Crippen molar-refractivity contribution in [1.82, 2.24) is 0 Å². The van der Waals surface area contributed by atoms with E-state index in [2.05, 4.69) is 13.8 Å². The minimum absolute atomic E-state index is 0.0944. The molecule has 1 aliphatic carbocycles. The third kappa shape index (κ3) is 3.25. The van der Waals surface area contributed by atoms with Gasteiger partial charge in [0.25, 0.3) is 0 Å². The van der Waals surface area contributed by atoms with Crippen molar-refractivity contribution >= 4 is 5.97 Å². The predicted octanol–water partition coefficient (Wildman–Crippen LogP) is 3.87. The van der Waals surface area contributed by atoms with Crippen LogP contribution in [0.3, 0.4) is 0 Å². The molecule has 0 radical (unpaired) electrons. The maximum atomic E-state index is 13.7. The van der Waals surface area contributed by atoms with E-state index in [1.54, 1.807) is 0 Å². The Morgan fingerprint density at radius 2 is 2.00 bits per heavy atom. The molecule has 0 saturated heterocycles. The lowest BCUT2D eigenvalue weighted by Gasteiger charge is -2.34. The van der Waals surface area contributed by atoms with Crippen LogP contribution in [0, 0.1) is 11.2 Å². The molecule has 1 aromatic carbocycles. The van der Waals surface area contributed by atoms with Crippen molar-refractivity contribution in [3.8, 4) is 5.75 Å². The molecule has 19 heavy (non-hydrogen) atoms. The summed E-state index contributed by atoms with van der Waals surface area (Å²) in [5, 5.41) is 9.06. The van der Waals surface area contributed by atoms with E-state index in [1.165, 1.54) is 18.2 Å². The number of carboxylic acids is 1. The zero-order valence-corrected chi connectivity index (χ0v) is 11.3. The SMILES string of the molecule is CC1(C)CCC(Oc2c(F)cccc2C(=O)O)CC1. The number of hydrogen-bond donors (Lipinski definition) is 1. The van der Waals surface area contributed by atoms with Crippen molar-refractivity contribution < 1.29 is 19.0 Å². The molecule has 0 amide bonds. The van der Waals surface area contributed by atoms with E-state index in [4.69, 9.17) is 9.84 Å². The highest BCUT2D eigenvalue weighted by Crippen LogP contribution is 2.37. The van der Waals surface area contributed by atoms with Crippen LogP contribution in [0.25, 0.3) is 0 Å². The van der Waals surface area contributed by atoms with Gasteiger partial charge in [0.15, 0.2) is 11.6 Å². The van der Waals surface area contributed by atoms with Crippen LogP contribution >= 0.6 is 0 Å².